The summed E-state index contributed by atoms with van der Waals surface area (Å²) in [5.41, 5.74) is 3.12. The number of nitrogens with zero attached hydrogens (tertiary/aromatic N) is 6. The fourth-order valence-electron chi connectivity index (χ4n) is 8.64. The van der Waals surface area contributed by atoms with Crippen molar-refractivity contribution in [2.24, 2.45) is 42.6 Å². The van der Waals surface area contributed by atoms with Crippen molar-refractivity contribution < 1.29 is 0 Å². The van der Waals surface area contributed by atoms with Crippen molar-refractivity contribution in [1.82, 2.24) is 24.9 Å². The van der Waals surface area contributed by atoms with Crippen LogP contribution >= 0.6 is 0 Å². The smallest absolute Gasteiger partial charge is 0.151 e. The maximum absolute atomic E-state index is 4.68. The standard InChI is InChI=1S/C26H36N6/c1-16-12-27-30(2)26(16)23-3-4-25(29-28-23)32-6-5-19-13-31(15-24(19)32)14-22-20-8-17-7-18(10-20)11-21(22)9-17/h3-4,12,17-22,24H,5-11,13-15H2,1-2H3. The molecule has 170 valence electrons. The Morgan fingerprint density at radius 1 is 0.938 bits per heavy atom. The minimum absolute atomic E-state index is 0.616. The van der Waals surface area contributed by atoms with Crippen LogP contribution in [0.15, 0.2) is 18.3 Å². The highest BCUT2D eigenvalue weighted by Gasteiger charge is 2.50. The quantitative estimate of drug-likeness (QED) is 0.736. The van der Waals surface area contributed by atoms with Crippen LogP contribution in [0.2, 0.25) is 0 Å². The summed E-state index contributed by atoms with van der Waals surface area (Å²) in [7, 11) is 1.97. The molecule has 2 aromatic heterocycles. The van der Waals surface area contributed by atoms with Crippen LogP contribution in [0, 0.1) is 42.4 Å². The van der Waals surface area contributed by atoms with Crippen LogP contribution in [-0.4, -0.2) is 57.1 Å². The first kappa shape index (κ1) is 19.5. The van der Waals surface area contributed by atoms with Gasteiger partial charge in [0.25, 0.3) is 0 Å². The summed E-state index contributed by atoms with van der Waals surface area (Å²) in [5, 5.41) is 13.6. The number of fused-ring (bicyclic) bond motifs is 1. The monoisotopic (exact) mass is 432 g/mol. The van der Waals surface area contributed by atoms with Crippen LogP contribution in [0.25, 0.3) is 11.4 Å². The third-order valence-electron chi connectivity index (χ3n) is 9.82. The summed E-state index contributed by atoms with van der Waals surface area (Å²) in [6, 6.07) is 4.92. The molecule has 2 aromatic rings. The minimum Gasteiger partial charge on any atom is -0.351 e. The number of aryl methyl sites for hydroxylation is 2. The summed E-state index contributed by atoms with van der Waals surface area (Å²) < 4.78 is 1.89. The predicted molar refractivity (Wildman–Crippen MR) is 125 cm³/mol. The molecule has 2 unspecified atom stereocenters. The molecule has 4 heterocycles. The molecule has 8 rings (SSSR count). The fraction of sp³-hybridized carbons (Fsp3) is 0.731. The molecule has 0 N–H and O–H groups in total. The Labute approximate surface area is 191 Å². The zero-order chi connectivity index (χ0) is 21.4. The van der Waals surface area contributed by atoms with E-state index in [4.69, 9.17) is 0 Å². The van der Waals surface area contributed by atoms with Crippen molar-refractivity contribution in [3.05, 3.63) is 23.9 Å². The van der Waals surface area contributed by atoms with Gasteiger partial charge in [0.15, 0.2) is 5.82 Å². The molecule has 0 aromatic carbocycles. The van der Waals surface area contributed by atoms with E-state index in [1.54, 1.807) is 32.1 Å². The normalized spacial score (nSPS) is 38.1. The number of likely N-dealkylation sites (tertiary alicyclic amines) is 1. The lowest BCUT2D eigenvalue weighted by Crippen LogP contribution is -2.49. The van der Waals surface area contributed by atoms with E-state index in [1.165, 1.54) is 26.1 Å². The average molecular weight is 433 g/mol. The van der Waals surface area contributed by atoms with E-state index in [1.807, 2.05) is 17.9 Å². The number of hydrogen-bond acceptors (Lipinski definition) is 5. The third-order valence-corrected chi connectivity index (χ3v) is 9.82. The Kier molecular flexibility index (Phi) is 4.44. The SMILES string of the molecule is Cc1cnn(C)c1-c1ccc(N2CCC3CN(CC4C5CC6CC(C5)CC4C6)CC32)nn1. The highest BCUT2D eigenvalue weighted by molar-refractivity contribution is 5.59. The van der Waals surface area contributed by atoms with Gasteiger partial charge in [-0.05, 0) is 98.7 Å². The Hall–Kier alpha value is -1.95. The van der Waals surface area contributed by atoms with Gasteiger partial charge in [0.2, 0.25) is 0 Å². The van der Waals surface area contributed by atoms with Crippen LogP contribution in [0.3, 0.4) is 0 Å². The number of anilines is 1. The first-order valence-corrected chi connectivity index (χ1v) is 12.9. The highest BCUT2D eigenvalue weighted by atomic mass is 15.3. The summed E-state index contributed by atoms with van der Waals surface area (Å²) in [6.07, 6.45) is 10.9. The van der Waals surface area contributed by atoms with Crippen molar-refractivity contribution in [3.8, 4) is 11.4 Å². The van der Waals surface area contributed by atoms with Crippen molar-refractivity contribution >= 4 is 5.82 Å². The maximum atomic E-state index is 4.68. The van der Waals surface area contributed by atoms with Gasteiger partial charge in [-0.15, -0.1) is 10.2 Å². The number of hydrogen-bond donors (Lipinski definition) is 0. The summed E-state index contributed by atoms with van der Waals surface area (Å²) >= 11 is 0. The van der Waals surface area contributed by atoms with Crippen LogP contribution in [-0.2, 0) is 7.05 Å². The molecule has 0 amide bonds. The molecule has 4 saturated carbocycles. The summed E-state index contributed by atoms with van der Waals surface area (Å²) in [4.78, 5) is 5.38. The zero-order valence-electron chi connectivity index (χ0n) is 19.5. The average Bonchev–Trinajstić information content (AvgIpc) is 3.45. The van der Waals surface area contributed by atoms with Gasteiger partial charge in [0.05, 0.1) is 11.9 Å². The fourth-order valence-corrected chi connectivity index (χ4v) is 8.64. The summed E-state index contributed by atoms with van der Waals surface area (Å²) in [5.74, 6) is 7.08. The van der Waals surface area contributed by atoms with E-state index in [0.717, 1.165) is 64.8 Å². The molecule has 6 heteroatoms. The molecule has 2 aliphatic heterocycles. The topological polar surface area (TPSA) is 50.1 Å². The molecule has 6 fully saturated rings. The second kappa shape index (κ2) is 7.28. The molecule has 4 aliphatic carbocycles. The van der Waals surface area contributed by atoms with E-state index in [-0.39, 0.29) is 0 Å². The largest absolute Gasteiger partial charge is 0.351 e. The van der Waals surface area contributed by atoms with E-state index in [0.29, 0.717) is 6.04 Å². The number of aromatic nitrogens is 4. The van der Waals surface area contributed by atoms with Crippen molar-refractivity contribution in [2.45, 2.75) is 51.5 Å². The molecule has 32 heavy (non-hydrogen) atoms. The Morgan fingerprint density at radius 3 is 2.38 bits per heavy atom. The minimum atomic E-state index is 0.616. The van der Waals surface area contributed by atoms with Gasteiger partial charge in [-0.2, -0.15) is 5.10 Å². The molecule has 6 aliphatic rings. The van der Waals surface area contributed by atoms with Gasteiger partial charge in [0.1, 0.15) is 5.69 Å². The first-order chi connectivity index (χ1) is 15.6. The van der Waals surface area contributed by atoms with E-state index < -0.39 is 0 Å². The first-order valence-electron chi connectivity index (χ1n) is 12.9. The lowest BCUT2D eigenvalue weighted by atomic mass is 9.52. The van der Waals surface area contributed by atoms with Crippen LogP contribution in [0.5, 0.6) is 0 Å². The molecule has 0 radical (unpaired) electrons. The molecule has 2 saturated heterocycles. The van der Waals surface area contributed by atoms with Gasteiger partial charge in [-0.25, -0.2) is 0 Å². The Balaban J connectivity index is 1.04. The lowest BCUT2D eigenvalue weighted by Gasteiger charge is -2.55. The van der Waals surface area contributed by atoms with Crippen LogP contribution in [0.1, 0.15) is 44.1 Å². The maximum Gasteiger partial charge on any atom is 0.151 e. The molecular formula is C26H36N6. The predicted octanol–water partition coefficient (Wildman–Crippen LogP) is 3.77. The van der Waals surface area contributed by atoms with Crippen molar-refractivity contribution in [2.75, 3.05) is 31.1 Å². The van der Waals surface area contributed by atoms with E-state index in [2.05, 4.69) is 44.2 Å². The van der Waals surface area contributed by atoms with Gasteiger partial charge >= 0.3 is 0 Å². The third kappa shape index (κ3) is 3.05. The molecule has 4 bridgehead atoms. The molecule has 2 atom stereocenters. The number of rotatable bonds is 4. The van der Waals surface area contributed by atoms with Gasteiger partial charge in [-0.3, -0.25) is 4.68 Å². The second-order valence-corrected chi connectivity index (χ2v) is 11.7. The molecular weight excluding hydrogens is 396 g/mol. The van der Waals surface area contributed by atoms with E-state index >= 15 is 0 Å². The van der Waals surface area contributed by atoms with Crippen LogP contribution < -0.4 is 4.90 Å². The van der Waals surface area contributed by atoms with Crippen molar-refractivity contribution in [1.29, 1.82) is 0 Å². The summed E-state index contributed by atoms with van der Waals surface area (Å²) in [6.45, 7) is 7.08. The molecule has 6 nitrogen and oxygen atoms in total. The van der Waals surface area contributed by atoms with E-state index in [9.17, 15) is 0 Å². The molecule has 0 spiro atoms. The second-order valence-electron chi connectivity index (χ2n) is 11.7. The van der Waals surface area contributed by atoms with Crippen LogP contribution in [0.4, 0.5) is 5.82 Å². The van der Waals surface area contributed by atoms with Crippen molar-refractivity contribution in [3.63, 3.8) is 0 Å². The van der Waals surface area contributed by atoms with Gasteiger partial charge in [0, 0.05) is 39.3 Å². The highest BCUT2D eigenvalue weighted by Crippen LogP contribution is 2.56. The van der Waals surface area contributed by atoms with Gasteiger partial charge in [-0.1, -0.05) is 0 Å². The Morgan fingerprint density at radius 2 is 1.72 bits per heavy atom. The lowest BCUT2D eigenvalue weighted by molar-refractivity contribution is -0.0473. The zero-order valence-corrected chi connectivity index (χ0v) is 19.5. The Bertz CT molecular complexity index is 949. The van der Waals surface area contributed by atoms with Gasteiger partial charge < -0.3 is 9.80 Å².